The molecule has 1 aromatic carbocycles. The maximum atomic E-state index is 12.3. The van der Waals surface area contributed by atoms with E-state index in [2.05, 4.69) is 10.6 Å². The number of amides is 2. The van der Waals surface area contributed by atoms with Crippen LogP contribution in [0.1, 0.15) is 51.0 Å². The molecule has 0 bridgehead atoms. The van der Waals surface area contributed by atoms with E-state index in [1.807, 2.05) is 31.2 Å². The Morgan fingerprint density at radius 2 is 1.96 bits per heavy atom. The van der Waals surface area contributed by atoms with Gasteiger partial charge in [-0.2, -0.15) is 0 Å². The second-order valence-electron chi connectivity index (χ2n) is 6.45. The van der Waals surface area contributed by atoms with Gasteiger partial charge >= 0.3 is 6.03 Å². The van der Waals surface area contributed by atoms with E-state index in [4.69, 9.17) is 4.74 Å². The summed E-state index contributed by atoms with van der Waals surface area (Å²) < 4.78 is 5.36. The number of anilines is 1. The van der Waals surface area contributed by atoms with Crippen LogP contribution in [-0.4, -0.2) is 30.4 Å². The molecule has 5 heteroatoms. The summed E-state index contributed by atoms with van der Waals surface area (Å²) in [6.07, 6.45) is 6.61. The van der Waals surface area contributed by atoms with E-state index in [1.54, 1.807) is 0 Å². The highest BCUT2D eigenvalue weighted by Gasteiger charge is 2.24. The summed E-state index contributed by atoms with van der Waals surface area (Å²) in [7, 11) is 0. The molecule has 1 aliphatic carbocycles. The molecule has 134 valence electrons. The van der Waals surface area contributed by atoms with Crippen LogP contribution in [-0.2, 0) is 11.3 Å². The van der Waals surface area contributed by atoms with Gasteiger partial charge in [-0.1, -0.05) is 31.4 Å². The lowest BCUT2D eigenvalue weighted by atomic mass is 9.83. The van der Waals surface area contributed by atoms with E-state index in [9.17, 15) is 9.90 Å². The smallest absolute Gasteiger partial charge is 0.319 e. The van der Waals surface area contributed by atoms with E-state index >= 15 is 0 Å². The van der Waals surface area contributed by atoms with Gasteiger partial charge in [0.15, 0.2) is 0 Å². The molecule has 0 aromatic heterocycles. The Morgan fingerprint density at radius 1 is 1.25 bits per heavy atom. The molecule has 3 N–H and O–H groups in total. The standard InChI is InChI=1S/C19H30N2O3/c1-2-24-14-15-8-10-17(11-9-15)20-19(23)21-18(12-13-22)16-6-4-3-5-7-16/h8-11,16,18,22H,2-7,12-14H2,1H3,(H2,20,21,23). The first-order valence-electron chi connectivity index (χ1n) is 9.08. The number of urea groups is 1. The van der Waals surface area contributed by atoms with E-state index in [0.717, 1.165) is 24.1 Å². The zero-order chi connectivity index (χ0) is 17.2. The van der Waals surface area contributed by atoms with Crippen molar-refractivity contribution in [3.05, 3.63) is 29.8 Å². The highest BCUT2D eigenvalue weighted by atomic mass is 16.5. The topological polar surface area (TPSA) is 70.6 Å². The fraction of sp³-hybridized carbons (Fsp3) is 0.632. The van der Waals surface area contributed by atoms with Gasteiger partial charge < -0.3 is 20.5 Å². The first-order valence-corrected chi connectivity index (χ1v) is 9.08. The highest BCUT2D eigenvalue weighted by Crippen LogP contribution is 2.27. The van der Waals surface area contributed by atoms with Gasteiger partial charge in [0.1, 0.15) is 0 Å². The van der Waals surface area contributed by atoms with E-state index in [-0.39, 0.29) is 18.7 Å². The van der Waals surface area contributed by atoms with Crippen molar-refractivity contribution in [2.75, 3.05) is 18.5 Å². The van der Waals surface area contributed by atoms with Crippen LogP contribution in [0.25, 0.3) is 0 Å². The Bertz CT molecular complexity index is 484. The molecule has 5 nitrogen and oxygen atoms in total. The number of nitrogens with one attached hydrogen (secondary N) is 2. The van der Waals surface area contributed by atoms with Crippen molar-refractivity contribution in [3.8, 4) is 0 Å². The first-order chi connectivity index (χ1) is 11.7. The zero-order valence-corrected chi connectivity index (χ0v) is 14.6. The molecule has 0 spiro atoms. The lowest BCUT2D eigenvalue weighted by Crippen LogP contribution is -2.43. The number of carbonyl (C=O) groups is 1. The van der Waals surface area contributed by atoms with Gasteiger partial charge in [-0.25, -0.2) is 4.79 Å². The molecule has 0 heterocycles. The highest BCUT2D eigenvalue weighted by molar-refractivity contribution is 5.89. The molecular formula is C19H30N2O3. The molecule has 0 aliphatic heterocycles. The van der Waals surface area contributed by atoms with Crippen LogP contribution in [0.2, 0.25) is 0 Å². The molecule has 2 rings (SSSR count). The lowest BCUT2D eigenvalue weighted by Gasteiger charge is -2.30. The number of rotatable bonds is 8. The van der Waals surface area contributed by atoms with Crippen molar-refractivity contribution >= 4 is 11.7 Å². The van der Waals surface area contributed by atoms with Gasteiger partial charge in [-0.05, 0) is 49.8 Å². The summed E-state index contributed by atoms with van der Waals surface area (Å²) in [5, 5.41) is 15.2. The molecular weight excluding hydrogens is 304 g/mol. The molecule has 0 saturated heterocycles. The van der Waals surface area contributed by atoms with E-state index in [0.29, 0.717) is 25.6 Å². The van der Waals surface area contributed by atoms with Crippen LogP contribution in [0.5, 0.6) is 0 Å². The number of aliphatic hydroxyl groups excluding tert-OH is 1. The van der Waals surface area contributed by atoms with Gasteiger partial charge in [0.2, 0.25) is 0 Å². The monoisotopic (exact) mass is 334 g/mol. The minimum Gasteiger partial charge on any atom is -0.396 e. The summed E-state index contributed by atoms with van der Waals surface area (Å²) in [6, 6.07) is 7.53. The van der Waals surface area contributed by atoms with Crippen molar-refractivity contribution in [2.45, 2.75) is 58.1 Å². The number of hydrogen-bond donors (Lipinski definition) is 3. The molecule has 1 aromatic rings. The van der Waals surface area contributed by atoms with Gasteiger partial charge in [-0.3, -0.25) is 0 Å². The largest absolute Gasteiger partial charge is 0.396 e. The fourth-order valence-corrected chi connectivity index (χ4v) is 3.34. The minimum absolute atomic E-state index is 0.0486. The molecule has 24 heavy (non-hydrogen) atoms. The van der Waals surface area contributed by atoms with Gasteiger partial charge in [0.25, 0.3) is 0 Å². The Morgan fingerprint density at radius 3 is 2.58 bits per heavy atom. The summed E-state index contributed by atoms with van der Waals surface area (Å²) in [6.45, 7) is 3.35. The number of ether oxygens (including phenoxy) is 1. The second kappa shape index (κ2) is 10.3. The zero-order valence-electron chi connectivity index (χ0n) is 14.6. The van der Waals surface area contributed by atoms with E-state index in [1.165, 1.54) is 19.3 Å². The Balaban J connectivity index is 1.85. The van der Waals surface area contributed by atoms with Crippen molar-refractivity contribution in [3.63, 3.8) is 0 Å². The molecule has 1 unspecified atom stereocenters. The molecule has 1 saturated carbocycles. The predicted octanol–water partition coefficient (Wildman–Crippen LogP) is 3.68. The van der Waals surface area contributed by atoms with Crippen molar-refractivity contribution in [1.82, 2.24) is 5.32 Å². The lowest BCUT2D eigenvalue weighted by molar-refractivity contribution is 0.134. The van der Waals surface area contributed by atoms with Crippen LogP contribution in [0.3, 0.4) is 0 Å². The normalized spacial score (nSPS) is 16.6. The first kappa shape index (κ1) is 18.7. The third-order valence-corrected chi connectivity index (χ3v) is 4.66. The van der Waals surface area contributed by atoms with Crippen LogP contribution in [0.4, 0.5) is 10.5 Å². The second-order valence-corrected chi connectivity index (χ2v) is 6.45. The van der Waals surface area contributed by atoms with Crippen LogP contribution in [0, 0.1) is 5.92 Å². The summed E-state index contributed by atoms with van der Waals surface area (Å²) >= 11 is 0. The molecule has 1 fully saturated rings. The van der Waals surface area contributed by atoms with Crippen molar-refractivity contribution in [2.24, 2.45) is 5.92 Å². The average Bonchev–Trinajstić information content (AvgIpc) is 2.61. The third-order valence-electron chi connectivity index (χ3n) is 4.66. The number of hydrogen-bond acceptors (Lipinski definition) is 3. The third kappa shape index (κ3) is 6.13. The predicted molar refractivity (Wildman–Crippen MR) is 96.0 cm³/mol. The molecule has 0 radical (unpaired) electrons. The van der Waals surface area contributed by atoms with Gasteiger partial charge in [0.05, 0.1) is 6.61 Å². The maximum absolute atomic E-state index is 12.3. The number of aliphatic hydroxyl groups is 1. The Labute approximate surface area is 144 Å². The Kier molecular flexibility index (Phi) is 8.05. The van der Waals surface area contributed by atoms with E-state index < -0.39 is 0 Å². The summed E-state index contributed by atoms with van der Waals surface area (Å²) in [5.41, 5.74) is 1.85. The van der Waals surface area contributed by atoms with Crippen LogP contribution < -0.4 is 10.6 Å². The van der Waals surface area contributed by atoms with Gasteiger partial charge in [0, 0.05) is 24.9 Å². The van der Waals surface area contributed by atoms with Crippen LogP contribution >= 0.6 is 0 Å². The molecule has 2 amide bonds. The fourth-order valence-electron chi connectivity index (χ4n) is 3.34. The SMILES string of the molecule is CCOCc1ccc(NC(=O)NC(CCO)C2CCCCC2)cc1. The van der Waals surface area contributed by atoms with Crippen LogP contribution in [0.15, 0.2) is 24.3 Å². The Hall–Kier alpha value is -1.59. The van der Waals surface area contributed by atoms with Crippen molar-refractivity contribution in [1.29, 1.82) is 0 Å². The number of carbonyl (C=O) groups excluding carboxylic acids is 1. The van der Waals surface area contributed by atoms with Gasteiger partial charge in [-0.15, -0.1) is 0 Å². The number of benzene rings is 1. The molecule has 1 atom stereocenters. The minimum atomic E-state index is -0.198. The maximum Gasteiger partial charge on any atom is 0.319 e. The summed E-state index contributed by atoms with van der Waals surface area (Å²) in [5.74, 6) is 0.477. The average molecular weight is 334 g/mol. The summed E-state index contributed by atoms with van der Waals surface area (Å²) in [4.78, 5) is 12.3. The molecule has 1 aliphatic rings. The van der Waals surface area contributed by atoms with Crippen molar-refractivity contribution < 1.29 is 14.6 Å². The quantitative estimate of drug-likeness (QED) is 0.679.